The summed E-state index contributed by atoms with van der Waals surface area (Å²) in [7, 11) is 0. The molecule has 0 aliphatic heterocycles. The third kappa shape index (κ3) is 7.65. The Morgan fingerprint density at radius 2 is 1.18 bits per heavy atom. The van der Waals surface area contributed by atoms with Crippen LogP contribution < -0.4 is 9.47 Å². The Bertz CT molecular complexity index is 962. The molecule has 0 aromatic heterocycles. The normalized spacial score (nSPS) is 10.5. The van der Waals surface area contributed by atoms with Gasteiger partial charge in [0.05, 0.1) is 23.1 Å². The van der Waals surface area contributed by atoms with Crippen molar-refractivity contribution in [3.63, 3.8) is 0 Å². The standard InChI is InChI=1S/C22H22Br2N2O7/c1-3-7-32-21-15(11-17(23)13-19(21)25(27)28)5-9-31-10-6-16-12-18(24)14-20(26(29)30)22(16)33-8-4-2/h3-4,11-14H,1-2,5-10H2. The molecule has 9 nitrogen and oxygen atoms in total. The number of rotatable bonds is 14. The molecule has 0 radical (unpaired) electrons. The molecule has 0 aliphatic carbocycles. The van der Waals surface area contributed by atoms with E-state index < -0.39 is 9.85 Å². The van der Waals surface area contributed by atoms with Crippen molar-refractivity contribution >= 4 is 43.2 Å². The Morgan fingerprint density at radius 1 is 0.788 bits per heavy atom. The highest BCUT2D eigenvalue weighted by Crippen LogP contribution is 2.36. The molecule has 0 fully saturated rings. The van der Waals surface area contributed by atoms with Crippen LogP contribution >= 0.6 is 31.9 Å². The molecular weight excluding hydrogens is 564 g/mol. The van der Waals surface area contributed by atoms with Crippen LogP contribution in [0.3, 0.4) is 0 Å². The van der Waals surface area contributed by atoms with Crippen molar-refractivity contribution in [2.45, 2.75) is 12.8 Å². The van der Waals surface area contributed by atoms with Gasteiger partial charge in [-0.05, 0) is 25.0 Å². The van der Waals surface area contributed by atoms with Crippen LogP contribution in [-0.2, 0) is 17.6 Å². The van der Waals surface area contributed by atoms with Gasteiger partial charge in [-0.2, -0.15) is 0 Å². The molecule has 11 heteroatoms. The van der Waals surface area contributed by atoms with E-state index in [0.717, 1.165) is 0 Å². The maximum absolute atomic E-state index is 11.4. The SMILES string of the molecule is C=CCOc1c(CCOCCc2cc(Br)cc([N+](=O)[O-])c2OCC=C)cc(Br)cc1[N+](=O)[O-]. The second-order valence-electron chi connectivity index (χ2n) is 6.65. The highest BCUT2D eigenvalue weighted by molar-refractivity contribution is 9.10. The van der Waals surface area contributed by atoms with Gasteiger partial charge in [-0.15, -0.1) is 0 Å². The fourth-order valence-electron chi connectivity index (χ4n) is 3.00. The van der Waals surface area contributed by atoms with Crippen molar-refractivity contribution in [1.29, 1.82) is 0 Å². The van der Waals surface area contributed by atoms with Crippen LogP contribution in [-0.4, -0.2) is 36.3 Å². The fraction of sp³-hybridized carbons (Fsp3) is 0.273. The molecule has 2 aromatic rings. The van der Waals surface area contributed by atoms with Gasteiger partial charge in [0, 0.05) is 32.2 Å². The number of hydrogen-bond acceptors (Lipinski definition) is 7. The first kappa shape index (κ1) is 26.5. The topological polar surface area (TPSA) is 114 Å². The number of nitro benzene ring substituents is 2. The lowest BCUT2D eigenvalue weighted by Crippen LogP contribution is -2.08. The summed E-state index contributed by atoms with van der Waals surface area (Å²) < 4.78 is 17.9. The van der Waals surface area contributed by atoms with E-state index in [1.54, 1.807) is 12.1 Å². The summed E-state index contributed by atoms with van der Waals surface area (Å²) >= 11 is 6.58. The van der Waals surface area contributed by atoms with Gasteiger partial charge in [0.15, 0.2) is 0 Å². The summed E-state index contributed by atoms with van der Waals surface area (Å²) in [5.74, 6) is 0.351. The zero-order chi connectivity index (χ0) is 24.4. The van der Waals surface area contributed by atoms with E-state index in [1.807, 2.05) is 0 Å². The predicted molar refractivity (Wildman–Crippen MR) is 131 cm³/mol. The van der Waals surface area contributed by atoms with Gasteiger partial charge in [0.2, 0.25) is 11.5 Å². The molecule has 0 saturated carbocycles. The molecule has 0 saturated heterocycles. The number of halogens is 2. The summed E-state index contributed by atoms with van der Waals surface area (Å²) in [6.07, 6.45) is 3.75. The van der Waals surface area contributed by atoms with Gasteiger partial charge >= 0.3 is 11.4 Å². The van der Waals surface area contributed by atoms with Crippen molar-refractivity contribution in [3.8, 4) is 11.5 Å². The molecule has 0 heterocycles. The van der Waals surface area contributed by atoms with Gasteiger partial charge < -0.3 is 14.2 Å². The Kier molecular flexibility index (Phi) is 10.5. The molecule has 0 amide bonds. The number of ether oxygens (including phenoxy) is 3. The lowest BCUT2D eigenvalue weighted by molar-refractivity contribution is -0.386. The molecule has 0 N–H and O–H groups in total. The average molecular weight is 586 g/mol. The Balaban J connectivity index is 2.09. The van der Waals surface area contributed by atoms with Gasteiger partial charge in [-0.3, -0.25) is 20.2 Å². The van der Waals surface area contributed by atoms with Crippen LogP contribution in [0.1, 0.15) is 11.1 Å². The van der Waals surface area contributed by atoms with Crippen molar-refractivity contribution < 1.29 is 24.1 Å². The average Bonchev–Trinajstić information content (AvgIpc) is 2.76. The predicted octanol–water partition coefficient (Wildman–Crippen LogP) is 5.96. The van der Waals surface area contributed by atoms with E-state index in [9.17, 15) is 20.2 Å². The lowest BCUT2D eigenvalue weighted by Gasteiger charge is -2.13. The first-order valence-electron chi connectivity index (χ1n) is 9.77. The molecular formula is C22H22Br2N2O7. The van der Waals surface area contributed by atoms with Crippen molar-refractivity contribution in [3.05, 3.63) is 89.9 Å². The van der Waals surface area contributed by atoms with Crippen LogP contribution in [0.2, 0.25) is 0 Å². The Morgan fingerprint density at radius 3 is 1.52 bits per heavy atom. The van der Waals surface area contributed by atoms with E-state index in [2.05, 4.69) is 45.0 Å². The Labute approximate surface area is 207 Å². The number of nitrogens with zero attached hydrogens (tertiary/aromatic N) is 2. The van der Waals surface area contributed by atoms with Gasteiger partial charge in [-0.1, -0.05) is 57.2 Å². The molecule has 0 atom stereocenters. The second-order valence-corrected chi connectivity index (χ2v) is 8.48. The number of hydrogen-bond donors (Lipinski definition) is 0. The zero-order valence-corrected chi connectivity index (χ0v) is 20.8. The highest BCUT2D eigenvalue weighted by atomic mass is 79.9. The molecule has 2 aromatic carbocycles. The van der Waals surface area contributed by atoms with E-state index in [0.29, 0.717) is 32.9 Å². The quantitative estimate of drug-likeness (QED) is 0.116. The van der Waals surface area contributed by atoms with Gasteiger partial charge in [-0.25, -0.2) is 0 Å². The molecule has 0 unspecified atom stereocenters. The van der Waals surface area contributed by atoms with Crippen LogP contribution in [0, 0.1) is 20.2 Å². The maximum Gasteiger partial charge on any atom is 0.312 e. The molecule has 0 spiro atoms. The molecule has 176 valence electrons. The largest absolute Gasteiger partial charge is 0.482 e. The number of nitro groups is 2. The van der Waals surface area contributed by atoms with Crippen LogP contribution in [0.4, 0.5) is 11.4 Å². The minimum Gasteiger partial charge on any atom is -0.482 e. The van der Waals surface area contributed by atoms with Crippen molar-refractivity contribution in [2.75, 3.05) is 26.4 Å². The van der Waals surface area contributed by atoms with E-state index in [4.69, 9.17) is 14.2 Å². The summed E-state index contributed by atoms with van der Waals surface area (Å²) in [5.41, 5.74) is 0.940. The third-order valence-electron chi connectivity index (χ3n) is 4.34. The lowest BCUT2D eigenvalue weighted by atomic mass is 10.1. The first-order valence-corrected chi connectivity index (χ1v) is 11.4. The van der Waals surface area contributed by atoms with Gasteiger partial charge in [0.1, 0.15) is 13.2 Å². The molecule has 33 heavy (non-hydrogen) atoms. The third-order valence-corrected chi connectivity index (χ3v) is 5.25. The minimum absolute atomic E-state index is 0.130. The van der Waals surface area contributed by atoms with Crippen LogP contribution in [0.15, 0.2) is 58.5 Å². The monoisotopic (exact) mass is 584 g/mol. The second kappa shape index (κ2) is 13.1. The van der Waals surface area contributed by atoms with Crippen molar-refractivity contribution in [1.82, 2.24) is 0 Å². The molecule has 0 bridgehead atoms. The molecule has 2 rings (SSSR count). The smallest absolute Gasteiger partial charge is 0.312 e. The van der Waals surface area contributed by atoms with E-state index in [-0.39, 0.29) is 49.3 Å². The molecule has 0 aliphatic rings. The summed E-state index contributed by atoms with van der Waals surface area (Å²) in [6.45, 7) is 7.93. The van der Waals surface area contributed by atoms with Crippen LogP contribution in [0.5, 0.6) is 11.5 Å². The number of benzene rings is 2. The van der Waals surface area contributed by atoms with Crippen molar-refractivity contribution in [2.24, 2.45) is 0 Å². The zero-order valence-electron chi connectivity index (χ0n) is 17.6. The summed E-state index contributed by atoms with van der Waals surface area (Å²) in [6, 6.07) is 6.25. The Hall–Kier alpha value is -2.76. The summed E-state index contributed by atoms with van der Waals surface area (Å²) in [4.78, 5) is 21.8. The maximum atomic E-state index is 11.4. The van der Waals surface area contributed by atoms with Crippen LogP contribution in [0.25, 0.3) is 0 Å². The minimum atomic E-state index is -0.502. The van der Waals surface area contributed by atoms with E-state index in [1.165, 1.54) is 24.3 Å². The fourth-order valence-corrected chi connectivity index (χ4v) is 3.98. The van der Waals surface area contributed by atoms with Gasteiger partial charge in [0.25, 0.3) is 0 Å². The highest BCUT2D eigenvalue weighted by Gasteiger charge is 2.22. The summed E-state index contributed by atoms with van der Waals surface area (Å²) in [5, 5.41) is 22.8. The first-order chi connectivity index (χ1) is 15.8. The van der Waals surface area contributed by atoms with E-state index >= 15 is 0 Å².